The van der Waals surface area contributed by atoms with Crippen LogP contribution in [0.3, 0.4) is 0 Å². The Hall–Kier alpha value is -0.900. The molecule has 92 valence electrons. The lowest BCUT2D eigenvalue weighted by Gasteiger charge is -2.33. The van der Waals surface area contributed by atoms with Crippen LogP contribution in [0.1, 0.15) is 43.2 Å². The van der Waals surface area contributed by atoms with E-state index in [1.807, 2.05) is 0 Å². The molecule has 0 radical (unpaired) electrons. The summed E-state index contributed by atoms with van der Waals surface area (Å²) in [6.07, 6.45) is 4.80. The monoisotopic (exact) mass is 250 g/mol. The average molecular weight is 250 g/mol. The first-order valence-electron chi connectivity index (χ1n) is 6.45. The van der Waals surface area contributed by atoms with Gasteiger partial charge in [0, 0.05) is 29.8 Å². The molecule has 3 heterocycles. The molecular weight excluding hydrogens is 232 g/mol. The van der Waals surface area contributed by atoms with Gasteiger partial charge in [-0.15, -0.1) is 11.3 Å². The van der Waals surface area contributed by atoms with E-state index in [4.69, 9.17) is 4.98 Å². The van der Waals surface area contributed by atoms with Crippen LogP contribution in [0.2, 0.25) is 0 Å². The molecule has 0 N–H and O–H groups in total. The quantitative estimate of drug-likeness (QED) is 0.809. The molecular formula is C13H18N2OS. The Morgan fingerprint density at radius 2 is 2.00 bits per heavy atom. The van der Waals surface area contributed by atoms with E-state index >= 15 is 0 Å². The Bertz CT molecular complexity index is 438. The van der Waals surface area contributed by atoms with Crippen molar-refractivity contribution in [3.8, 4) is 0 Å². The summed E-state index contributed by atoms with van der Waals surface area (Å²) < 4.78 is 0. The Morgan fingerprint density at radius 1 is 1.35 bits per heavy atom. The molecule has 0 aromatic carbocycles. The number of rotatable bonds is 2. The molecule has 0 spiro atoms. The summed E-state index contributed by atoms with van der Waals surface area (Å²) in [5.41, 5.74) is 1.22. The number of piperidine rings is 1. The lowest BCUT2D eigenvalue weighted by molar-refractivity contribution is -0.120. The topological polar surface area (TPSA) is 33.2 Å². The van der Waals surface area contributed by atoms with Crippen molar-refractivity contribution in [1.82, 2.24) is 4.98 Å². The van der Waals surface area contributed by atoms with Gasteiger partial charge in [-0.2, -0.15) is 0 Å². The van der Waals surface area contributed by atoms with E-state index in [1.54, 1.807) is 11.3 Å². The van der Waals surface area contributed by atoms with Gasteiger partial charge >= 0.3 is 0 Å². The van der Waals surface area contributed by atoms with Gasteiger partial charge in [0.05, 0.1) is 5.69 Å². The molecule has 17 heavy (non-hydrogen) atoms. The SMILES string of the molecule is CCc1nc(N2C3CCC2CC(=O)C3)sc1C. The number of nitrogens with zero attached hydrogens (tertiary/aromatic N) is 2. The van der Waals surface area contributed by atoms with Gasteiger partial charge in [0.1, 0.15) is 5.78 Å². The molecule has 2 aliphatic rings. The zero-order chi connectivity index (χ0) is 12.0. The third-order valence-electron chi connectivity index (χ3n) is 3.98. The lowest BCUT2D eigenvalue weighted by atomic mass is 10.0. The number of anilines is 1. The highest BCUT2D eigenvalue weighted by Gasteiger charge is 2.41. The highest BCUT2D eigenvalue weighted by Crippen LogP contribution is 2.40. The maximum Gasteiger partial charge on any atom is 0.186 e. The van der Waals surface area contributed by atoms with Crippen molar-refractivity contribution < 1.29 is 4.79 Å². The molecule has 2 bridgehead atoms. The molecule has 3 nitrogen and oxygen atoms in total. The fraction of sp³-hybridized carbons (Fsp3) is 0.692. The van der Waals surface area contributed by atoms with Crippen LogP contribution in [0.5, 0.6) is 0 Å². The Morgan fingerprint density at radius 3 is 2.53 bits per heavy atom. The predicted molar refractivity (Wildman–Crippen MR) is 69.8 cm³/mol. The van der Waals surface area contributed by atoms with E-state index in [9.17, 15) is 4.79 Å². The summed E-state index contributed by atoms with van der Waals surface area (Å²) in [6, 6.07) is 0.855. The number of ketones is 1. The van der Waals surface area contributed by atoms with Crippen molar-refractivity contribution in [3.63, 3.8) is 0 Å². The van der Waals surface area contributed by atoms with Gasteiger partial charge in [-0.25, -0.2) is 4.98 Å². The van der Waals surface area contributed by atoms with Crippen LogP contribution >= 0.6 is 11.3 Å². The van der Waals surface area contributed by atoms with E-state index in [1.165, 1.54) is 10.6 Å². The molecule has 0 saturated carbocycles. The van der Waals surface area contributed by atoms with E-state index in [-0.39, 0.29) is 0 Å². The van der Waals surface area contributed by atoms with Crippen molar-refractivity contribution in [2.75, 3.05) is 4.90 Å². The third-order valence-corrected chi connectivity index (χ3v) is 5.01. The normalized spacial score (nSPS) is 27.9. The first-order chi connectivity index (χ1) is 8.19. The molecule has 4 heteroatoms. The summed E-state index contributed by atoms with van der Waals surface area (Å²) in [5, 5.41) is 1.15. The molecule has 1 aromatic rings. The zero-order valence-electron chi connectivity index (χ0n) is 10.4. The minimum Gasteiger partial charge on any atom is -0.341 e. The van der Waals surface area contributed by atoms with Crippen molar-refractivity contribution in [1.29, 1.82) is 0 Å². The highest BCUT2D eigenvalue weighted by atomic mass is 32.1. The fourth-order valence-corrected chi connectivity index (χ4v) is 4.28. The minimum absolute atomic E-state index is 0.427. The molecule has 0 aliphatic carbocycles. The van der Waals surface area contributed by atoms with Gasteiger partial charge in [-0.1, -0.05) is 6.92 Å². The standard InChI is InChI=1S/C13H18N2OS/c1-3-12-8(2)17-13(14-12)15-9-4-5-10(15)7-11(16)6-9/h9-10H,3-7H2,1-2H3. The summed E-state index contributed by atoms with van der Waals surface area (Å²) in [4.78, 5) is 20.1. The van der Waals surface area contributed by atoms with Gasteiger partial charge in [-0.05, 0) is 26.2 Å². The van der Waals surface area contributed by atoms with Crippen LogP contribution in [0, 0.1) is 6.92 Å². The molecule has 1 aromatic heterocycles. The summed E-state index contributed by atoms with van der Waals surface area (Å²) in [6.45, 7) is 4.30. The van der Waals surface area contributed by atoms with Crippen molar-refractivity contribution >= 4 is 22.3 Å². The number of hydrogen-bond acceptors (Lipinski definition) is 4. The maximum atomic E-state index is 11.6. The number of fused-ring (bicyclic) bond motifs is 2. The number of hydrogen-bond donors (Lipinski definition) is 0. The summed E-state index contributed by atoms with van der Waals surface area (Å²) in [7, 11) is 0. The van der Waals surface area contributed by atoms with E-state index in [0.29, 0.717) is 17.9 Å². The predicted octanol–water partition coefficient (Wildman–Crippen LogP) is 2.71. The fourth-order valence-electron chi connectivity index (χ4n) is 3.13. The smallest absolute Gasteiger partial charge is 0.186 e. The second-order valence-electron chi connectivity index (χ2n) is 5.09. The van der Waals surface area contributed by atoms with Crippen LogP contribution < -0.4 is 4.90 Å². The summed E-state index contributed by atoms with van der Waals surface area (Å²) in [5.74, 6) is 0.442. The first kappa shape index (κ1) is 11.2. The zero-order valence-corrected chi connectivity index (χ0v) is 11.2. The van der Waals surface area contributed by atoms with Gasteiger partial charge in [0.25, 0.3) is 0 Å². The number of Topliss-reactive ketones (excluding diaryl/α,β-unsaturated/α-hetero) is 1. The van der Waals surface area contributed by atoms with Crippen molar-refractivity contribution in [2.45, 2.75) is 58.0 Å². The summed E-state index contributed by atoms with van der Waals surface area (Å²) >= 11 is 1.80. The third kappa shape index (κ3) is 1.79. The largest absolute Gasteiger partial charge is 0.341 e. The van der Waals surface area contributed by atoms with Crippen molar-refractivity contribution in [3.05, 3.63) is 10.6 Å². The molecule has 2 aliphatic heterocycles. The molecule has 2 atom stereocenters. The van der Waals surface area contributed by atoms with E-state index < -0.39 is 0 Å². The Balaban J connectivity index is 1.91. The second-order valence-corrected chi connectivity index (χ2v) is 6.27. The van der Waals surface area contributed by atoms with E-state index in [2.05, 4.69) is 18.7 Å². The number of carbonyl (C=O) groups is 1. The van der Waals surface area contributed by atoms with Crippen LogP contribution in [0.4, 0.5) is 5.13 Å². The van der Waals surface area contributed by atoms with Gasteiger partial charge in [-0.3, -0.25) is 4.79 Å². The van der Waals surface area contributed by atoms with Crippen LogP contribution in [0.25, 0.3) is 0 Å². The number of aromatic nitrogens is 1. The second kappa shape index (κ2) is 4.09. The first-order valence-corrected chi connectivity index (χ1v) is 7.27. The number of carbonyl (C=O) groups excluding carboxylic acids is 1. The molecule has 2 unspecified atom stereocenters. The number of aryl methyl sites for hydroxylation is 2. The molecule has 2 fully saturated rings. The molecule has 3 rings (SSSR count). The average Bonchev–Trinajstić information content (AvgIpc) is 2.77. The number of thiazole rings is 1. The maximum absolute atomic E-state index is 11.6. The Labute approximate surface area is 106 Å². The van der Waals surface area contributed by atoms with Gasteiger partial charge in [0.15, 0.2) is 5.13 Å². The minimum atomic E-state index is 0.427. The molecule has 2 saturated heterocycles. The highest BCUT2D eigenvalue weighted by molar-refractivity contribution is 7.15. The Kier molecular flexibility index (Phi) is 2.69. The van der Waals surface area contributed by atoms with Gasteiger partial charge in [0.2, 0.25) is 0 Å². The van der Waals surface area contributed by atoms with Crippen molar-refractivity contribution in [2.24, 2.45) is 0 Å². The lowest BCUT2D eigenvalue weighted by Crippen LogP contribution is -2.43. The van der Waals surface area contributed by atoms with Gasteiger partial charge < -0.3 is 4.90 Å². The van der Waals surface area contributed by atoms with Crippen LogP contribution in [-0.2, 0) is 11.2 Å². The van der Waals surface area contributed by atoms with E-state index in [0.717, 1.165) is 37.2 Å². The van der Waals surface area contributed by atoms with Crippen LogP contribution in [0.15, 0.2) is 0 Å². The molecule has 0 amide bonds. The van der Waals surface area contributed by atoms with Crippen LogP contribution in [-0.4, -0.2) is 22.9 Å².